The van der Waals surface area contributed by atoms with Crippen LogP contribution < -0.4 is 5.32 Å². The van der Waals surface area contributed by atoms with E-state index in [4.69, 9.17) is 63.2 Å². The minimum atomic E-state index is -1.86. The van der Waals surface area contributed by atoms with Crippen LogP contribution in [0.2, 0.25) is 0 Å². The quantitative estimate of drug-likeness (QED) is 0.0364. The molecule has 57 heavy (non-hydrogen) atoms. The molecule has 3 N–H and O–H groups in total. The van der Waals surface area contributed by atoms with Gasteiger partial charge in [-0.2, -0.15) is 0 Å². The molecule has 330 valence electrons. The number of halogens is 3. The highest BCUT2D eigenvalue weighted by Crippen LogP contribution is 2.27. The fourth-order valence-corrected chi connectivity index (χ4v) is 6.99. The summed E-state index contributed by atoms with van der Waals surface area (Å²) in [5.41, 5.74) is 0.770. The van der Waals surface area contributed by atoms with Gasteiger partial charge in [-0.05, 0) is 24.8 Å². The lowest BCUT2D eigenvalue weighted by molar-refractivity contribution is -0.262. The molecule has 1 aromatic carbocycles. The first-order valence-electron chi connectivity index (χ1n) is 21.6. The molecule has 6 atom stereocenters. The summed E-state index contributed by atoms with van der Waals surface area (Å²) < 4.78 is 31.7. The lowest BCUT2D eigenvalue weighted by Gasteiger charge is -2.42. The van der Waals surface area contributed by atoms with Crippen LogP contribution >= 0.6 is 34.8 Å². The molecule has 1 aliphatic rings. The van der Waals surface area contributed by atoms with Gasteiger partial charge < -0.3 is 44.0 Å². The number of hydrogen-bond acceptors (Lipinski definition) is 10. The average Bonchev–Trinajstić information content (AvgIpc) is 3.19. The monoisotopic (exact) mass is 867 g/mol. The maximum absolute atomic E-state index is 12.6. The second-order valence-corrected chi connectivity index (χ2v) is 17.7. The summed E-state index contributed by atoms with van der Waals surface area (Å²) in [4.78, 5) is 25.0. The largest absolute Gasteiger partial charge is 0.508 e. The fraction of sp³-hybridized carbons (Fsp3) is 0.814. The molecular formula is C43H72Cl3NO10. The van der Waals surface area contributed by atoms with Gasteiger partial charge in [0.1, 0.15) is 44.2 Å². The number of nitrogens with one attached hydrogen (secondary N) is 1. The Morgan fingerprint density at radius 3 is 1.88 bits per heavy atom. The van der Waals surface area contributed by atoms with E-state index in [0.29, 0.717) is 13.0 Å². The van der Waals surface area contributed by atoms with Gasteiger partial charge in [0.05, 0.1) is 6.10 Å². The number of benzene rings is 1. The van der Waals surface area contributed by atoms with E-state index in [1.807, 2.05) is 18.2 Å². The van der Waals surface area contributed by atoms with Gasteiger partial charge >= 0.3 is 12.2 Å². The molecule has 11 nitrogen and oxygen atoms in total. The summed E-state index contributed by atoms with van der Waals surface area (Å²) in [6.45, 7) is 4.29. The van der Waals surface area contributed by atoms with Crippen molar-refractivity contribution in [2.24, 2.45) is 0 Å². The lowest BCUT2D eigenvalue weighted by atomic mass is 9.96. The molecule has 1 amide bonds. The zero-order valence-electron chi connectivity index (χ0n) is 34.5. The molecule has 0 radical (unpaired) electrons. The van der Waals surface area contributed by atoms with E-state index < -0.39 is 59.9 Å². The SMILES string of the molecule is CCCCCCCCCCCCO[C@H](CCCCCCCCCCC)CCO[C@H]1[C@H](O)[C@@H](COC(=O)OCc2ccccc2)O[C@H](O)[C@@H]1NC(=O)OCC(Cl)(Cl)Cl. The van der Waals surface area contributed by atoms with Crippen molar-refractivity contribution < 1.29 is 48.2 Å². The molecule has 0 spiro atoms. The average molecular weight is 869 g/mol. The Bertz CT molecular complexity index is 1150. The van der Waals surface area contributed by atoms with Crippen molar-refractivity contribution in [3.8, 4) is 0 Å². The summed E-state index contributed by atoms with van der Waals surface area (Å²) in [5, 5.41) is 24.9. The fourth-order valence-electron chi connectivity index (χ4n) is 6.83. The van der Waals surface area contributed by atoms with Gasteiger partial charge in [0.15, 0.2) is 6.29 Å². The summed E-state index contributed by atoms with van der Waals surface area (Å²) in [6, 6.07) is 7.82. The van der Waals surface area contributed by atoms with E-state index >= 15 is 0 Å². The van der Waals surface area contributed by atoms with Gasteiger partial charge in [0.2, 0.25) is 3.79 Å². The van der Waals surface area contributed by atoms with Crippen molar-refractivity contribution in [1.29, 1.82) is 0 Å². The van der Waals surface area contributed by atoms with Crippen LogP contribution in [0, 0.1) is 0 Å². The van der Waals surface area contributed by atoms with Gasteiger partial charge in [-0.1, -0.05) is 195 Å². The zero-order chi connectivity index (χ0) is 41.6. The molecule has 1 aliphatic heterocycles. The van der Waals surface area contributed by atoms with Crippen LogP contribution in [0.25, 0.3) is 0 Å². The molecule has 0 unspecified atom stereocenters. The number of aliphatic hydroxyl groups is 2. The Kier molecular flexibility index (Phi) is 29.2. The maximum atomic E-state index is 12.6. The first-order chi connectivity index (χ1) is 27.5. The van der Waals surface area contributed by atoms with Crippen molar-refractivity contribution in [2.45, 2.75) is 196 Å². The van der Waals surface area contributed by atoms with Gasteiger partial charge in [-0.15, -0.1) is 0 Å². The van der Waals surface area contributed by atoms with Crippen LogP contribution in [0.4, 0.5) is 9.59 Å². The molecule has 2 rings (SSSR count). The second-order valence-electron chi connectivity index (χ2n) is 15.2. The molecular weight excluding hydrogens is 797 g/mol. The van der Waals surface area contributed by atoms with E-state index in [1.54, 1.807) is 12.1 Å². The third kappa shape index (κ3) is 25.6. The second kappa shape index (κ2) is 32.2. The summed E-state index contributed by atoms with van der Waals surface area (Å²) in [5.74, 6) is 0. The highest BCUT2D eigenvalue weighted by Gasteiger charge is 2.47. The molecule has 1 aromatic rings. The van der Waals surface area contributed by atoms with Crippen molar-refractivity contribution >= 4 is 47.1 Å². The maximum Gasteiger partial charge on any atom is 0.508 e. The molecule has 1 fully saturated rings. The van der Waals surface area contributed by atoms with E-state index in [0.717, 1.165) is 37.7 Å². The van der Waals surface area contributed by atoms with Crippen LogP contribution in [0.5, 0.6) is 0 Å². The van der Waals surface area contributed by atoms with E-state index in [9.17, 15) is 19.8 Å². The summed E-state index contributed by atoms with van der Waals surface area (Å²) >= 11 is 17.2. The van der Waals surface area contributed by atoms with E-state index in [1.165, 1.54) is 96.3 Å². The third-order valence-corrected chi connectivity index (χ3v) is 10.5. The normalized spacial score (nSPS) is 20.2. The van der Waals surface area contributed by atoms with Crippen molar-refractivity contribution in [1.82, 2.24) is 5.32 Å². The van der Waals surface area contributed by atoms with Crippen molar-refractivity contribution in [3.63, 3.8) is 0 Å². The molecule has 1 heterocycles. The van der Waals surface area contributed by atoms with Crippen molar-refractivity contribution in [2.75, 3.05) is 26.4 Å². The molecule has 0 aliphatic carbocycles. The molecule has 1 saturated heterocycles. The molecule has 0 aromatic heterocycles. The van der Waals surface area contributed by atoms with Crippen LogP contribution in [-0.4, -0.2) is 89.4 Å². The zero-order valence-corrected chi connectivity index (χ0v) is 36.8. The summed E-state index contributed by atoms with van der Waals surface area (Å²) in [6.07, 6.45) is 17.4. The van der Waals surface area contributed by atoms with Crippen LogP contribution in [0.3, 0.4) is 0 Å². The molecule has 0 bridgehead atoms. The Hall–Kier alpha value is -1.57. The van der Waals surface area contributed by atoms with E-state index in [2.05, 4.69) is 19.2 Å². The Balaban J connectivity index is 1.97. The van der Waals surface area contributed by atoms with Gasteiger partial charge in [-0.25, -0.2) is 9.59 Å². The minimum Gasteiger partial charge on any atom is -0.445 e. The first-order valence-corrected chi connectivity index (χ1v) is 22.8. The number of alkyl carbamates (subject to hydrolysis) is 1. The van der Waals surface area contributed by atoms with E-state index in [-0.39, 0.29) is 19.3 Å². The number of aliphatic hydroxyl groups excluding tert-OH is 2. The van der Waals surface area contributed by atoms with Gasteiger partial charge in [-0.3, -0.25) is 0 Å². The summed E-state index contributed by atoms with van der Waals surface area (Å²) in [7, 11) is 0. The number of amides is 1. The number of rotatable bonds is 32. The Morgan fingerprint density at radius 1 is 0.737 bits per heavy atom. The topological polar surface area (TPSA) is 142 Å². The predicted octanol–water partition coefficient (Wildman–Crippen LogP) is 10.9. The highest BCUT2D eigenvalue weighted by atomic mass is 35.6. The van der Waals surface area contributed by atoms with Crippen LogP contribution in [0.1, 0.15) is 154 Å². The highest BCUT2D eigenvalue weighted by molar-refractivity contribution is 6.67. The first kappa shape index (κ1) is 51.6. The van der Waals surface area contributed by atoms with Crippen molar-refractivity contribution in [3.05, 3.63) is 35.9 Å². The standard InChI is InChI=1S/C43H72Cl3NO10/c1-3-5-7-9-11-13-15-17-19-24-29-52-35(27-23-18-16-14-12-10-8-6-4-2)28-30-53-39-37(47-41(50)56-33-43(44,45)46)40(49)57-36(38(39)48)32-55-42(51)54-31-34-25-21-20-22-26-34/h20-22,25-26,35-40,48-49H,3-19,23-24,27-33H2,1-2H3,(H,47,50)/t35-,36-,37-,38-,39-,40+/m1/s1. The van der Waals surface area contributed by atoms with Gasteiger partial charge in [0, 0.05) is 13.2 Å². The number of unbranched alkanes of at least 4 members (excludes halogenated alkanes) is 17. The number of carbonyl (C=O) groups excluding carboxylic acids is 2. The Labute approximate surface area is 357 Å². The van der Waals surface area contributed by atoms with Crippen LogP contribution in [0.15, 0.2) is 30.3 Å². The number of hydrogen-bond donors (Lipinski definition) is 3. The minimum absolute atomic E-state index is 0.00805. The smallest absolute Gasteiger partial charge is 0.445 e. The molecule has 0 saturated carbocycles. The number of carbonyl (C=O) groups is 2. The number of alkyl halides is 3. The Morgan fingerprint density at radius 2 is 1.30 bits per heavy atom. The van der Waals surface area contributed by atoms with Crippen LogP contribution in [-0.2, 0) is 35.0 Å². The molecule has 14 heteroatoms. The van der Waals surface area contributed by atoms with Gasteiger partial charge in [0.25, 0.3) is 0 Å². The number of ether oxygens (including phenoxy) is 6. The lowest BCUT2D eigenvalue weighted by Crippen LogP contribution is -2.65. The predicted molar refractivity (Wildman–Crippen MR) is 226 cm³/mol. The third-order valence-electron chi connectivity index (χ3n) is 10.1.